The molecule has 0 fully saturated rings. The van der Waals surface area contributed by atoms with Crippen molar-refractivity contribution in [3.63, 3.8) is 0 Å². The monoisotopic (exact) mass is 452 g/mol. The van der Waals surface area contributed by atoms with Crippen molar-refractivity contribution in [2.24, 2.45) is 0 Å². The van der Waals surface area contributed by atoms with Crippen LogP contribution in [0, 0.1) is 0 Å². The minimum absolute atomic E-state index is 0.156. The summed E-state index contributed by atoms with van der Waals surface area (Å²) in [4.78, 5) is 0. The first-order valence-electron chi connectivity index (χ1n) is 10.5. The molecule has 0 aliphatic rings. The number of methoxy groups -OCH3 is 1. The highest BCUT2D eigenvalue weighted by molar-refractivity contribution is 5.84. The Labute approximate surface area is 190 Å². The summed E-state index contributed by atoms with van der Waals surface area (Å²) in [6.07, 6.45) is -4.45. The lowest BCUT2D eigenvalue weighted by Gasteiger charge is -2.21. The highest BCUT2D eigenvalue weighted by atomic mass is 19.4. The zero-order valence-electron chi connectivity index (χ0n) is 18.0. The van der Waals surface area contributed by atoms with Crippen molar-refractivity contribution in [2.45, 2.75) is 18.7 Å². The molecule has 6 heteroatoms. The third kappa shape index (κ3) is 5.77. The van der Waals surface area contributed by atoms with Gasteiger partial charge in [0.2, 0.25) is 0 Å². The van der Waals surface area contributed by atoms with Crippen LogP contribution in [-0.4, -0.2) is 19.9 Å². The summed E-state index contributed by atoms with van der Waals surface area (Å²) in [6.45, 7) is -0.111. The van der Waals surface area contributed by atoms with E-state index in [1.807, 2.05) is 30.3 Å². The second-order valence-electron chi connectivity index (χ2n) is 7.62. The van der Waals surface area contributed by atoms with Gasteiger partial charge in [0.25, 0.3) is 0 Å². The van der Waals surface area contributed by atoms with Crippen molar-refractivity contribution < 1.29 is 27.4 Å². The fourth-order valence-electron chi connectivity index (χ4n) is 3.52. The first-order chi connectivity index (χ1) is 15.9. The van der Waals surface area contributed by atoms with Gasteiger partial charge in [-0.05, 0) is 58.3 Å². The van der Waals surface area contributed by atoms with E-state index in [2.05, 4.69) is 0 Å². The van der Waals surface area contributed by atoms with E-state index in [1.54, 1.807) is 61.7 Å². The Morgan fingerprint density at radius 2 is 1.30 bits per heavy atom. The van der Waals surface area contributed by atoms with E-state index in [4.69, 9.17) is 14.2 Å². The maximum atomic E-state index is 13.8. The Kier molecular flexibility index (Phi) is 6.73. The van der Waals surface area contributed by atoms with Crippen LogP contribution in [-0.2, 0) is 6.61 Å². The van der Waals surface area contributed by atoms with Crippen molar-refractivity contribution in [3.8, 4) is 17.2 Å². The van der Waals surface area contributed by atoms with Crippen molar-refractivity contribution in [1.29, 1.82) is 0 Å². The smallest absolute Gasteiger partial charge is 0.399 e. The molecule has 0 spiro atoms. The molecule has 0 unspecified atom stereocenters. The van der Waals surface area contributed by atoms with Gasteiger partial charge in [0.05, 0.1) is 7.11 Å². The van der Waals surface area contributed by atoms with Gasteiger partial charge in [0.1, 0.15) is 36.4 Å². The Balaban J connectivity index is 1.43. The summed E-state index contributed by atoms with van der Waals surface area (Å²) in [6, 6.07) is 26.3. The number of rotatable bonds is 8. The van der Waals surface area contributed by atoms with Gasteiger partial charge in [0, 0.05) is 0 Å². The largest absolute Gasteiger partial charge is 0.497 e. The standard InChI is InChI=1S/C27H23F3O3/c1-31-25-10-9-20-15-22(8-7-21(20)16-25)26(27(28,29)30)18-33-24-13-11-23(12-14-24)32-17-19-5-3-2-4-6-19/h2-16,26H,17-18H2,1H3/t26-/m0/s1. The topological polar surface area (TPSA) is 27.7 Å². The maximum Gasteiger partial charge on any atom is 0.399 e. The van der Waals surface area contributed by atoms with E-state index in [-0.39, 0.29) is 5.56 Å². The zero-order chi connectivity index (χ0) is 23.3. The molecule has 0 heterocycles. The zero-order valence-corrected chi connectivity index (χ0v) is 18.0. The van der Waals surface area contributed by atoms with Crippen LogP contribution < -0.4 is 14.2 Å². The van der Waals surface area contributed by atoms with Gasteiger partial charge in [-0.15, -0.1) is 0 Å². The van der Waals surface area contributed by atoms with E-state index in [1.165, 1.54) is 6.07 Å². The number of benzene rings is 4. The average molecular weight is 452 g/mol. The fraction of sp³-hybridized carbons (Fsp3) is 0.185. The van der Waals surface area contributed by atoms with E-state index in [0.717, 1.165) is 10.9 Å². The van der Waals surface area contributed by atoms with Crippen LogP contribution in [0.1, 0.15) is 17.0 Å². The summed E-state index contributed by atoms with van der Waals surface area (Å²) in [5, 5.41) is 1.52. The second-order valence-corrected chi connectivity index (χ2v) is 7.62. The predicted molar refractivity (Wildman–Crippen MR) is 122 cm³/mol. The Morgan fingerprint density at radius 1 is 0.697 bits per heavy atom. The fourth-order valence-corrected chi connectivity index (χ4v) is 3.52. The lowest BCUT2D eigenvalue weighted by atomic mass is 9.96. The Bertz CT molecular complexity index is 1190. The van der Waals surface area contributed by atoms with Gasteiger partial charge in [-0.25, -0.2) is 0 Å². The molecule has 0 amide bonds. The molecule has 0 N–H and O–H groups in total. The molecule has 0 saturated carbocycles. The van der Waals surface area contributed by atoms with Gasteiger partial charge in [-0.1, -0.05) is 54.6 Å². The van der Waals surface area contributed by atoms with Crippen molar-refractivity contribution in [3.05, 3.63) is 102 Å². The Morgan fingerprint density at radius 3 is 1.97 bits per heavy atom. The van der Waals surface area contributed by atoms with Crippen molar-refractivity contribution >= 4 is 10.8 Å². The quantitative estimate of drug-likeness (QED) is 0.284. The summed E-state index contributed by atoms with van der Waals surface area (Å²) in [5.41, 5.74) is 1.18. The molecule has 4 rings (SSSR count). The molecule has 4 aromatic rings. The number of hydrogen-bond donors (Lipinski definition) is 0. The van der Waals surface area contributed by atoms with Crippen LogP contribution in [0.25, 0.3) is 10.8 Å². The van der Waals surface area contributed by atoms with Crippen LogP contribution in [0.5, 0.6) is 17.2 Å². The number of alkyl halides is 3. The van der Waals surface area contributed by atoms with Gasteiger partial charge in [0.15, 0.2) is 0 Å². The van der Waals surface area contributed by atoms with Crippen LogP contribution in [0.2, 0.25) is 0 Å². The molecular weight excluding hydrogens is 429 g/mol. The lowest BCUT2D eigenvalue weighted by Crippen LogP contribution is -2.26. The molecular formula is C27H23F3O3. The van der Waals surface area contributed by atoms with Crippen LogP contribution in [0.15, 0.2) is 91.0 Å². The van der Waals surface area contributed by atoms with E-state index < -0.39 is 18.7 Å². The molecule has 0 radical (unpaired) electrons. The maximum absolute atomic E-state index is 13.8. The lowest BCUT2D eigenvalue weighted by molar-refractivity contribution is -0.156. The molecule has 0 bridgehead atoms. The first kappa shape index (κ1) is 22.5. The van der Waals surface area contributed by atoms with Crippen molar-refractivity contribution in [2.75, 3.05) is 13.7 Å². The van der Waals surface area contributed by atoms with Gasteiger partial charge >= 0.3 is 6.18 Å². The highest BCUT2D eigenvalue weighted by Crippen LogP contribution is 2.37. The van der Waals surface area contributed by atoms with E-state index in [9.17, 15) is 13.2 Å². The summed E-state index contributed by atoms with van der Waals surface area (Å²) < 4.78 is 57.9. The van der Waals surface area contributed by atoms with E-state index >= 15 is 0 Å². The van der Waals surface area contributed by atoms with Crippen molar-refractivity contribution in [1.82, 2.24) is 0 Å². The summed E-state index contributed by atoms with van der Waals surface area (Å²) in [5.74, 6) is -0.134. The second kappa shape index (κ2) is 9.86. The predicted octanol–water partition coefficient (Wildman–Crippen LogP) is 7.15. The summed E-state index contributed by atoms with van der Waals surface area (Å²) in [7, 11) is 1.55. The number of ether oxygens (including phenoxy) is 3. The van der Waals surface area contributed by atoms with Crippen LogP contribution >= 0.6 is 0 Å². The minimum Gasteiger partial charge on any atom is -0.497 e. The minimum atomic E-state index is -4.45. The molecule has 33 heavy (non-hydrogen) atoms. The average Bonchev–Trinajstić information content (AvgIpc) is 2.83. The third-order valence-electron chi connectivity index (χ3n) is 5.36. The normalized spacial score (nSPS) is 12.4. The molecule has 170 valence electrons. The van der Waals surface area contributed by atoms with Gasteiger partial charge < -0.3 is 14.2 Å². The SMILES string of the molecule is COc1ccc2cc([C@H](COc3ccc(OCc4ccccc4)cc3)C(F)(F)F)ccc2c1. The molecule has 1 atom stereocenters. The number of fused-ring (bicyclic) bond motifs is 1. The van der Waals surface area contributed by atoms with E-state index in [0.29, 0.717) is 29.2 Å². The highest BCUT2D eigenvalue weighted by Gasteiger charge is 2.41. The molecule has 4 aromatic carbocycles. The third-order valence-corrected chi connectivity index (χ3v) is 5.36. The number of hydrogen-bond acceptors (Lipinski definition) is 3. The van der Waals surface area contributed by atoms with Gasteiger partial charge in [-0.3, -0.25) is 0 Å². The van der Waals surface area contributed by atoms with Gasteiger partial charge in [-0.2, -0.15) is 13.2 Å². The molecule has 0 saturated heterocycles. The van der Waals surface area contributed by atoms with Crippen LogP contribution in [0.4, 0.5) is 13.2 Å². The molecule has 3 nitrogen and oxygen atoms in total. The number of halogens is 3. The molecule has 0 aliphatic carbocycles. The molecule has 0 aromatic heterocycles. The first-order valence-corrected chi connectivity index (χ1v) is 10.5. The Hall–Kier alpha value is -3.67. The summed E-state index contributed by atoms with van der Waals surface area (Å²) >= 11 is 0. The molecule has 0 aliphatic heterocycles. The van der Waals surface area contributed by atoms with Crippen LogP contribution in [0.3, 0.4) is 0 Å².